The summed E-state index contributed by atoms with van der Waals surface area (Å²) in [4.78, 5) is 11.6. The molecule has 0 amide bonds. The number of alkyl halides is 3. The minimum atomic E-state index is -4.43. The van der Waals surface area contributed by atoms with Gasteiger partial charge in [-0.1, -0.05) is 30.3 Å². The van der Waals surface area contributed by atoms with Crippen molar-refractivity contribution < 1.29 is 22.7 Å². The number of ether oxygens (including phenoxy) is 1. The zero-order valence-electron chi connectivity index (χ0n) is 19.5. The molecule has 6 rings (SSSR count). The summed E-state index contributed by atoms with van der Waals surface area (Å²) < 4.78 is 45.0. The summed E-state index contributed by atoms with van der Waals surface area (Å²) in [6.45, 7) is 0. The van der Waals surface area contributed by atoms with E-state index in [-0.39, 0.29) is 5.41 Å². The molecule has 5 heteroatoms. The standard InChI is InChI=1S/C29H31F3O2/c1-34-27-9-8-19(13-26(27)28-15-20-10-21(16-28)12-22(11-20)17-28)4-2-6-24(18-33)23-5-3-7-25(14-23)29(30,31)32/h3,5-9,13-14,18,20-22H,2,4,10-12,15-17H2,1H3/b24-6+. The highest BCUT2D eigenvalue weighted by atomic mass is 19.4. The Kier molecular flexibility index (Phi) is 6.07. The Hall–Kier alpha value is -2.56. The van der Waals surface area contributed by atoms with Gasteiger partial charge in [0.05, 0.1) is 12.7 Å². The summed E-state index contributed by atoms with van der Waals surface area (Å²) in [7, 11) is 1.74. The molecule has 2 aromatic carbocycles. The van der Waals surface area contributed by atoms with E-state index in [2.05, 4.69) is 18.2 Å². The number of allylic oxidation sites excluding steroid dienone is 2. The van der Waals surface area contributed by atoms with Crippen LogP contribution in [0.3, 0.4) is 0 Å². The zero-order valence-corrected chi connectivity index (χ0v) is 19.5. The largest absolute Gasteiger partial charge is 0.496 e. The molecule has 2 aromatic rings. The molecule has 34 heavy (non-hydrogen) atoms. The van der Waals surface area contributed by atoms with Gasteiger partial charge in [-0.25, -0.2) is 0 Å². The van der Waals surface area contributed by atoms with Gasteiger partial charge in [0.15, 0.2) is 0 Å². The van der Waals surface area contributed by atoms with Crippen molar-refractivity contribution in [2.45, 2.75) is 63.0 Å². The lowest BCUT2D eigenvalue weighted by Crippen LogP contribution is -2.48. The highest BCUT2D eigenvalue weighted by Gasteiger charge is 2.52. The van der Waals surface area contributed by atoms with Crippen molar-refractivity contribution in [1.29, 1.82) is 0 Å². The SMILES string of the molecule is COc1ccc(CC/C=C(\C=O)c2cccc(C(F)(F)F)c2)cc1C12CC3CC(CC(C3)C1)C2. The van der Waals surface area contributed by atoms with E-state index in [1.54, 1.807) is 19.3 Å². The van der Waals surface area contributed by atoms with Crippen LogP contribution in [0.15, 0.2) is 48.5 Å². The quantitative estimate of drug-likeness (QED) is 0.313. The smallest absolute Gasteiger partial charge is 0.416 e. The van der Waals surface area contributed by atoms with E-state index in [1.807, 2.05) is 0 Å². The summed E-state index contributed by atoms with van der Waals surface area (Å²) in [5.74, 6) is 3.49. The van der Waals surface area contributed by atoms with Gasteiger partial charge in [0.2, 0.25) is 0 Å². The van der Waals surface area contributed by atoms with Gasteiger partial charge >= 0.3 is 6.18 Å². The number of benzene rings is 2. The maximum atomic E-state index is 13.1. The van der Waals surface area contributed by atoms with Gasteiger partial charge in [0, 0.05) is 11.1 Å². The Balaban J connectivity index is 1.36. The Morgan fingerprint density at radius 2 is 1.71 bits per heavy atom. The molecular weight excluding hydrogens is 437 g/mol. The van der Waals surface area contributed by atoms with Crippen LogP contribution in [-0.2, 0) is 22.8 Å². The molecule has 4 saturated carbocycles. The summed E-state index contributed by atoms with van der Waals surface area (Å²) in [5, 5.41) is 0. The average Bonchev–Trinajstić information content (AvgIpc) is 2.80. The van der Waals surface area contributed by atoms with Gasteiger partial charge in [0.1, 0.15) is 12.0 Å². The third kappa shape index (κ3) is 4.42. The lowest BCUT2D eigenvalue weighted by molar-refractivity contribution is -0.137. The van der Waals surface area contributed by atoms with Gasteiger partial charge in [-0.15, -0.1) is 0 Å². The van der Waals surface area contributed by atoms with E-state index in [4.69, 9.17) is 4.74 Å². The van der Waals surface area contributed by atoms with Gasteiger partial charge < -0.3 is 4.74 Å². The van der Waals surface area contributed by atoms with E-state index in [9.17, 15) is 18.0 Å². The van der Waals surface area contributed by atoms with E-state index in [0.717, 1.165) is 42.1 Å². The molecule has 4 aliphatic carbocycles. The number of aryl methyl sites for hydroxylation is 1. The molecule has 4 fully saturated rings. The van der Waals surface area contributed by atoms with Crippen LogP contribution in [-0.4, -0.2) is 13.4 Å². The zero-order chi connectivity index (χ0) is 23.9. The van der Waals surface area contributed by atoms with Crippen molar-refractivity contribution >= 4 is 11.9 Å². The number of rotatable bonds is 7. The first kappa shape index (κ1) is 23.2. The van der Waals surface area contributed by atoms with Gasteiger partial charge in [-0.3, -0.25) is 4.79 Å². The summed E-state index contributed by atoms with van der Waals surface area (Å²) in [5.41, 5.74) is 2.58. The van der Waals surface area contributed by atoms with E-state index in [0.29, 0.717) is 23.8 Å². The predicted octanol–water partition coefficient (Wildman–Crippen LogP) is 7.40. The second-order valence-corrected chi connectivity index (χ2v) is 10.6. The van der Waals surface area contributed by atoms with Gasteiger partial charge in [-0.05, 0) is 104 Å². The molecule has 0 aromatic heterocycles. The predicted molar refractivity (Wildman–Crippen MR) is 127 cm³/mol. The van der Waals surface area contributed by atoms with Crippen LogP contribution < -0.4 is 4.74 Å². The molecule has 0 spiro atoms. The van der Waals surface area contributed by atoms with Crippen LogP contribution in [0.5, 0.6) is 5.75 Å². The first-order valence-electron chi connectivity index (χ1n) is 12.3. The summed E-state index contributed by atoms with van der Waals surface area (Å²) in [6, 6.07) is 11.4. The maximum absolute atomic E-state index is 13.1. The first-order valence-corrected chi connectivity index (χ1v) is 12.3. The molecule has 0 unspecified atom stereocenters. The molecule has 180 valence electrons. The third-order valence-electron chi connectivity index (χ3n) is 8.32. The van der Waals surface area contributed by atoms with Crippen LogP contribution in [0.2, 0.25) is 0 Å². The molecule has 0 aliphatic heterocycles. The summed E-state index contributed by atoms with van der Waals surface area (Å²) >= 11 is 0. The number of hydrogen-bond donors (Lipinski definition) is 0. The normalized spacial score (nSPS) is 28.2. The Morgan fingerprint density at radius 3 is 2.29 bits per heavy atom. The lowest BCUT2D eigenvalue weighted by atomic mass is 9.48. The van der Waals surface area contributed by atoms with Crippen LogP contribution in [0.25, 0.3) is 5.57 Å². The number of halogens is 3. The lowest BCUT2D eigenvalue weighted by Gasteiger charge is -2.57. The monoisotopic (exact) mass is 468 g/mol. The van der Waals surface area contributed by atoms with Crippen molar-refractivity contribution in [2.24, 2.45) is 17.8 Å². The molecule has 0 N–H and O–H groups in total. The number of hydrogen-bond acceptors (Lipinski definition) is 2. The number of carbonyl (C=O) groups is 1. The maximum Gasteiger partial charge on any atom is 0.416 e. The number of carbonyl (C=O) groups excluding carboxylic acids is 1. The van der Waals surface area contributed by atoms with Gasteiger partial charge in [-0.2, -0.15) is 13.2 Å². The molecule has 0 saturated heterocycles. The number of methoxy groups -OCH3 is 1. The second kappa shape index (κ2) is 8.90. The van der Waals surface area contributed by atoms with E-state index >= 15 is 0 Å². The van der Waals surface area contributed by atoms with Gasteiger partial charge in [0.25, 0.3) is 0 Å². The molecule has 0 radical (unpaired) electrons. The van der Waals surface area contributed by atoms with Crippen molar-refractivity contribution in [1.82, 2.24) is 0 Å². The minimum Gasteiger partial charge on any atom is -0.496 e. The van der Waals surface area contributed by atoms with Crippen LogP contribution in [0, 0.1) is 17.8 Å². The highest BCUT2D eigenvalue weighted by molar-refractivity contribution is 6.06. The minimum absolute atomic E-state index is 0.220. The second-order valence-electron chi connectivity index (χ2n) is 10.6. The fourth-order valence-corrected chi connectivity index (χ4v) is 7.27. The molecule has 4 bridgehead atoms. The van der Waals surface area contributed by atoms with Crippen molar-refractivity contribution in [2.75, 3.05) is 7.11 Å². The molecule has 4 aliphatic rings. The third-order valence-corrected chi connectivity index (χ3v) is 8.32. The highest BCUT2D eigenvalue weighted by Crippen LogP contribution is 2.62. The summed E-state index contributed by atoms with van der Waals surface area (Å²) in [6.07, 6.45) is 7.18. The average molecular weight is 469 g/mol. The molecule has 0 atom stereocenters. The van der Waals surface area contributed by atoms with Crippen LogP contribution in [0.4, 0.5) is 13.2 Å². The molecule has 2 nitrogen and oxygen atoms in total. The topological polar surface area (TPSA) is 26.3 Å². The Morgan fingerprint density at radius 1 is 1.03 bits per heavy atom. The first-order chi connectivity index (χ1) is 16.3. The molecular formula is C29H31F3O2. The fourth-order valence-electron chi connectivity index (χ4n) is 7.27. The van der Waals surface area contributed by atoms with Crippen LogP contribution in [0.1, 0.15) is 67.2 Å². The molecule has 0 heterocycles. The number of aldehydes is 1. The van der Waals surface area contributed by atoms with Crippen molar-refractivity contribution in [3.8, 4) is 5.75 Å². The Bertz CT molecular complexity index is 1060. The van der Waals surface area contributed by atoms with Crippen LogP contribution >= 0.6 is 0 Å². The van der Waals surface area contributed by atoms with E-state index in [1.165, 1.54) is 55.7 Å². The van der Waals surface area contributed by atoms with E-state index < -0.39 is 11.7 Å². The van der Waals surface area contributed by atoms with Crippen molar-refractivity contribution in [3.63, 3.8) is 0 Å². The van der Waals surface area contributed by atoms with Crippen molar-refractivity contribution in [3.05, 3.63) is 70.8 Å². The fraction of sp³-hybridized carbons (Fsp3) is 0.483. The Labute approximate surface area is 199 Å².